The van der Waals surface area contributed by atoms with Crippen LogP contribution in [0.4, 0.5) is 0 Å². The Morgan fingerprint density at radius 3 is 2.60 bits per heavy atom. The van der Waals surface area contributed by atoms with Gasteiger partial charge < -0.3 is 25.1 Å². The van der Waals surface area contributed by atoms with E-state index < -0.39 is 0 Å². The van der Waals surface area contributed by atoms with Gasteiger partial charge in [-0.1, -0.05) is 18.2 Å². The Morgan fingerprint density at radius 2 is 1.87 bits per heavy atom. The minimum atomic E-state index is 0. The summed E-state index contributed by atoms with van der Waals surface area (Å²) in [6.45, 7) is 4.23. The summed E-state index contributed by atoms with van der Waals surface area (Å²) in [5.74, 6) is 3.24. The first-order chi connectivity index (χ1) is 14.2. The number of halogens is 1. The maximum atomic E-state index is 5.36. The van der Waals surface area contributed by atoms with E-state index in [1.165, 1.54) is 0 Å². The number of benzene rings is 2. The highest BCUT2D eigenvalue weighted by Gasteiger charge is 2.05. The Kier molecular flexibility index (Phi) is 9.72. The smallest absolute Gasteiger partial charge is 0.191 e. The third-order valence-electron chi connectivity index (χ3n) is 4.53. The Hall–Kier alpha value is -2.49. The monoisotopic (exact) mass is 523 g/mol. The van der Waals surface area contributed by atoms with Gasteiger partial charge in [-0.15, -0.1) is 24.0 Å². The Bertz CT molecular complexity index is 925. The molecule has 3 N–H and O–H groups in total. The normalized spacial score (nSPS) is 11.1. The maximum Gasteiger partial charge on any atom is 0.191 e. The molecule has 0 saturated carbocycles. The van der Waals surface area contributed by atoms with Gasteiger partial charge >= 0.3 is 0 Å². The highest BCUT2D eigenvalue weighted by atomic mass is 127. The molecule has 0 fully saturated rings. The molecule has 0 bridgehead atoms. The molecule has 0 saturated heterocycles. The number of nitrogens with one attached hydrogen (secondary N) is 3. The van der Waals surface area contributed by atoms with Crippen molar-refractivity contribution in [2.75, 3.05) is 27.3 Å². The first kappa shape index (κ1) is 23.8. The van der Waals surface area contributed by atoms with Crippen molar-refractivity contribution >= 4 is 41.0 Å². The van der Waals surface area contributed by atoms with Crippen molar-refractivity contribution in [3.8, 4) is 11.5 Å². The third-order valence-corrected chi connectivity index (χ3v) is 4.53. The van der Waals surface area contributed by atoms with Crippen LogP contribution in [-0.4, -0.2) is 43.2 Å². The second kappa shape index (κ2) is 12.3. The molecule has 3 aromatic rings. The molecule has 0 aliphatic heterocycles. The van der Waals surface area contributed by atoms with Gasteiger partial charge in [0, 0.05) is 19.5 Å². The van der Waals surface area contributed by atoms with Crippen molar-refractivity contribution in [3.05, 3.63) is 53.9 Å². The quantitative estimate of drug-likeness (QED) is 0.172. The van der Waals surface area contributed by atoms with Crippen LogP contribution in [0.1, 0.15) is 24.7 Å². The fourth-order valence-electron chi connectivity index (χ4n) is 3.08. The average Bonchev–Trinajstić information content (AvgIpc) is 3.17. The molecule has 8 heteroatoms. The molecule has 7 nitrogen and oxygen atoms in total. The van der Waals surface area contributed by atoms with E-state index in [1.807, 2.05) is 42.5 Å². The third kappa shape index (κ3) is 6.51. The first-order valence-corrected chi connectivity index (χ1v) is 9.90. The number of rotatable bonds is 9. The topological polar surface area (TPSA) is 83.6 Å². The standard InChI is InChI=1S/C22H29N5O2.HI/c1-4-23-22(25-15-16-11-12-19(28-2)20(14-16)29-3)24-13-7-10-21-26-17-8-5-6-9-18(17)27-21;/h5-6,8-9,11-12,14H,4,7,10,13,15H2,1-3H3,(H,26,27)(H2,23,24,25);1H. The number of para-hydroxylation sites is 2. The van der Waals surface area contributed by atoms with Crippen LogP contribution in [0.2, 0.25) is 0 Å². The van der Waals surface area contributed by atoms with Crippen molar-refractivity contribution in [1.82, 2.24) is 20.6 Å². The van der Waals surface area contributed by atoms with Crippen LogP contribution in [0.25, 0.3) is 11.0 Å². The van der Waals surface area contributed by atoms with E-state index in [9.17, 15) is 0 Å². The highest BCUT2D eigenvalue weighted by molar-refractivity contribution is 14.0. The Labute approximate surface area is 194 Å². The molecule has 0 spiro atoms. The molecule has 0 atom stereocenters. The van der Waals surface area contributed by atoms with Gasteiger partial charge in [0.1, 0.15) is 5.82 Å². The fourth-order valence-corrected chi connectivity index (χ4v) is 3.08. The van der Waals surface area contributed by atoms with Crippen LogP contribution in [0.3, 0.4) is 0 Å². The fraction of sp³-hybridized carbons (Fsp3) is 0.364. The summed E-state index contributed by atoms with van der Waals surface area (Å²) in [5.41, 5.74) is 3.16. The molecular weight excluding hydrogens is 493 g/mol. The molecule has 2 aromatic carbocycles. The van der Waals surface area contributed by atoms with E-state index in [0.29, 0.717) is 12.3 Å². The highest BCUT2D eigenvalue weighted by Crippen LogP contribution is 2.27. The van der Waals surface area contributed by atoms with Gasteiger partial charge in [-0.05, 0) is 43.2 Å². The molecule has 30 heavy (non-hydrogen) atoms. The molecule has 0 unspecified atom stereocenters. The number of guanidine groups is 1. The van der Waals surface area contributed by atoms with Crippen LogP contribution in [0.15, 0.2) is 47.5 Å². The van der Waals surface area contributed by atoms with Gasteiger partial charge in [-0.3, -0.25) is 0 Å². The number of nitrogens with zero attached hydrogens (tertiary/aromatic N) is 2. The molecule has 1 heterocycles. The van der Waals surface area contributed by atoms with Gasteiger partial charge in [0.2, 0.25) is 0 Å². The van der Waals surface area contributed by atoms with Crippen molar-refractivity contribution in [2.45, 2.75) is 26.3 Å². The summed E-state index contributed by atoms with van der Waals surface area (Å²) in [5, 5.41) is 6.67. The maximum absolute atomic E-state index is 5.36. The number of fused-ring (bicyclic) bond motifs is 1. The summed E-state index contributed by atoms with van der Waals surface area (Å²) in [6.07, 6.45) is 1.84. The van der Waals surface area contributed by atoms with Crippen LogP contribution in [0, 0.1) is 0 Å². The molecule has 0 aliphatic carbocycles. The number of ether oxygens (including phenoxy) is 2. The van der Waals surface area contributed by atoms with E-state index in [2.05, 4.69) is 32.5 Å². The van der Waals surface area contributed by atoms with Gasteiger partial charge in [-0.2, -0.15) is 0 Å². The minimum absolute atomic E-state index is 0. The van der Waals surface area contributed by atoms with E-state index in [0.717, 1.165) is 60.1 Å². The van der Waals surface area contributed by atoms with Crippen LogP contribution in [-0.2, 0) is 13.0 Å². The van der Waals surface area contributed by atoms with Crippen molar-refractivity contribution < 1.29 is 9.47 Å². The lowest BCUT2D eigenvalue weighted by atomic mass is 10.2. The predicted octanol–water partition coefficient (Wildman–Crippen LogP) is 3.89. The average molecular weight is 523 g/mol. The van der Waals surface area contributed by atoms with Crippen molar-refractivity contribution in [3.63, 3.8) is 0 Å². The Balaban J connectivity index is 0.00000320. The number of aromatic amines is 1. The molecule has 1 aromatic heterocycles. The summed E-state index contributed by atoms with van der Waals surface area (Å²) in [7, 11) is 3.27. The number of imidazole rings is 1. The van der Waals surface area contributed by atoms with Crippen LogP contribution in [0.5, 0.6) is 11.5 Å². The number of aliphatic imine (C=N–C) groups is 1. The minimum Gasteiger partial charge on any atom is -0.493 e. The van der Waals surface area contributed by atoms with E-state index in [-0.39, 0.29) is 24.0 Å². The second-order valence-corrected chi connectivity index (χ2v) is 6.62. The van der Waals surface area contributed by atoms with Gasteiger partial charge in [0.15, 0.2) is 17.5 Å². The second-order valence-electron chi connectivity index (χ2n) is 6.62. The zero-order valence-corrected chi connectivity index (χ0v) is 20.0. The number of methoxy groups -OCH3 is 2. The lowest BCUT2D eigenvalue weighted by Crippen LogP contribution is -2.37. The molecule has 0 radical (unpaired) electrons. The Morgan fingerprint density at radius 1 is 1.07 bits per heavy atom. The number of hydrogen-bond donors (Lipinski definition) is 3. The number of H-pyrrole nitrogens is 1. The number of aromatic nitrogens is 2. The molecule has 0 aliphatic rings. The number of hydrogen-bond acceptors (Lipinski definition) is 4. The zero-order chi connectivity index (χ0) is 20.5. The van der Waals surface area contributed by atoms with Crippen LogP contribution < -0.4 is 20.1 Å². The van der Waals surface area contributed by atoms with Gasteiger partial charge in [-0.25, -0.2) is 9.98 Å². The van der Waals surface area contributed by atoms with Crippen LogP contribution >= 0.6 is 24.0 Å². The van der Waals surface area contributed by atoms with E-state index >= 15 is 0 Å². The number of aryl methyl sites for hydroxylation is 1. The largest absolute Gasteiger partial charge is 0.493 e. The van der Waals surface area contributed by atoms with E-state index in [4.69, 9.17) is 9.47 Å². The first-order valence-electron chi connectivity index (χ1n) is 9.90. The molecule has 162 valence electrons. The predicted molar refractivity (Wildman–Crippen MR) is 132 cm³/mol. The lowest BCUT2D eigenvalue weighted by Gasteiger charge is -2.12. The van der Waals surface area contributed by atoms with Gasteiger partial charge in [0.05, 0.1) is 31.8 Å². The summed E-state index contributed by atoms with van der Waals surface area (Å²) in [4.78, 5) is 12.7. The van der Waals surface area contributed by atoms with Crippen molar-refractivity contribution in [2.24, 2.45) is 4.99 Å². The summed E-state index contributed by atoms with van der Waals surface area (Å²) in [6, 6.07) is 13.9. The lowest BCUT2D eigenvalue weighted by molar-refractivity contribution is 0.354. The zero-order valence-electron chi connectivity index (χ0n) is 17.7. The summed E-state index contributed by atoms with van der Waals surface area (Å²) >= 11 is 0. The molecular formula is C22H30IN5O2. The summed E-state index contributed by atoms with van der Waals surface area (Å²) < 4.78 is 10.6. The molecule has 0 amide bonds. The SMILES string of the molecule is CCNC(=NCc1ccc(OC)c(OC)c1)NCCCc1nc2ccccc2[nH]1.I. The molecule has 3 rings (SSSR count). The van der Waals surface area contributed by atoms with Crippen molar-refractivity contribution in [1.29, 1.82) is 0 Å². The van der Waals surface area contributed by atoms with Gasteiger partial charge in [0.25, 0.3) is 0 Å². The van der Waals surface area contributed by atoms with E-state index in [1.54, 1.807) is 14.2 Å².